The molecule has 2 aromatic carbocycles. The Kier molecular flexibility index (Phi) is 4.38. The molecule has 2 aromatic rings. The molecule has 0 heterocycles. The lowest BCUT2D eigenvalue weighted by atomic mass is 10.1. The van der Waals surface area contributed by atoms with Crippen molar-refractivity contribution >= 4 is 27.9 Å². The van der Waals surface area contributed by atoms with Gasteiger partial charge in [-0.05, 0) is 42.3 Å². The molecule has 2 nitrogen and oxygen atoms in total. The molecule has 19 heavy (non-hydrogen) atoms. The third-order valence-corrected chi connectivity index (χ3v) is 3.96. The standard InChI is InChI=1S/C16H16BrNO/c1-12-9-15(8-7-14(12)11-19)18(2)10-13-5-3-4-6-16(13)17/h3-9,11H,10H2,1-2H3. The Labute approximate surface area is 122 Å². The molecule has 0 aromatic heterocycles. The summed E-state index contributed by atoms with van der Waals surface area (Å²) in [6, 6.07) is 14.1. The molecule has 0 fully saturated rings. The molecule has 0 amide bonds. The van der Waals surface area contributed by atoms with Crippen LogP contribution in [0.1, 0.15) is 21.5 Å². The Morgan fingerprint density at radius 2 is 1.95 bits per heavy atom. The van der Waals surface area contributed by atoms with Crippen molar-refractivity contribution in [3.63, 3.8) is 0 Å². The first-order valence-electron chi connectivity index (χ1n) is 6.12. The topological polar surface area (TPSA) is 20.3 Å². The van der Waals surface area contributed by atoms with Crippen LogP contribution in [0.25, 0.3) is 0 Å². The molecule has 0 atom stereocenters. The van der Waals surface area contributed by atoms with E-state index in [1.54, 1.807) is 0 Å². The number of benzene rings is 2. The minimum Gasteiger partial charge on any atom is -0.370 e. The second-order valence-electron chi connectivity index (χ2n) is 4.61. The van der Waals surface area contributed by atoms with Crippen molar-refractivity contribution in [2.75, 3.05) is 11.9 Å². The molecular formula is C16H16BrNO. The number of nitrogens with zero attached hydrogens (tertiary/aromatic N) is 1. The molecule has 3 heteroatoms. The lowest BCUT2D eigenvalue weighted by Gasteiger charge is -2.21. The Morgan fingerprint density at radius 3 is 2.58 bits per heavy atom. The van der Waals surface area contributed by atoms with Crippen molar-refractivity contribution < 1.29 is 4.79 Å². The number of halogens is 1. The van der Waals surface area contributed by atoms with Gasteiger partial charge in [-0.25, -0.2) is 0 Å². The lowest BCUT2D eigenvalue weighted by molar-refractivity contribution is 0.112. The Hall–Kier alpha value is -1.61. The molecule has 0 aliphatic heterocycles. The first-order valence-corrected chi connectivity index (χ1v) is 6.91. The summed E-state index contributed by atoms with van der Waals surface area (Å²) in [6.45, 7) is 2.78. The summed E-state index contributed by atoms with van der Waals surface area (Å²) in [5.74, 6) is 0. The first-order chi connectivity index (χ1) is 9.11. The van der Waals surface area contributed by atoms with Crippen LogP contribution in [0.4, 0.5) is 5.69 Å². The Bertz CT molecular complexity index is 595. The third-order valence-electron chi connectivity index (χ3n) is 3.19. The predicted octanol–water partition coefficient (Wildman–Crippen LogP) is 4.21. The molecule has 98 valence electrons. The summed E-state index contributed by atoms with van der Waals surface area (Å²) in [6.07, 6.45) is 0.896. The zero-order chi connectivity index (χ0) is 13.8. The van der Waals surface area contributed by atoms with Crippen LogP contribution in [0.2, 0.25) is 0 Å². The molecular weight excluding hydrogens is 302 g/mol. The zero-order valence-corrected chi connectivity index (χ0v) is 12.6. The largest absolute Gasteiger partial charge is 0.370 e. The van der Waals surface area contributed by atoms with Crippen LogP contribution >= 0.6 is 15.9 Å². The highest BCUT2D eigenvalue weighted by molar-refractivity contribution is 9.10. The van der Waals surface area contributed by atoms with Gasteiger partial charge in [0.2, 0.25) is 0 Å². The number of carbonyl (C=O) groups excluding carboxylic acids is 1. The fourth-order valence-electron chi connectivity index (χ4n) is 2.00. The van der Waals surface area contributed by atoms with Gasteiger partial charge in [0.1, 0.15) is 6.29 Å². The minimum atomic E-state index is 0.748. The smallest absolute Gasteiger partial charge is 0.150 e. The van der Waals surface area contributed by atoms with E-state index >= 15 is 0 Å². The predicted molar refractivity (Wildman–Crippen MR) is 82.8 cm³/mol. The van der Waals surface area contributed by atoms with Crippen molar-refractivity contribution in [3.8, 4) is 0 Å². The van der Waals surface area contributed by atoms with Gasteiger partial charge in [0.05, 0.1) is 0 Å². The maximum atomic E-state index is 10.8. The van der Waals surface area contributed by atoms with Crippen molar-refractivity contribution in [3.05, 3.63) is 63.6 Å². The summed E-state index contributed by atoms with van der Waals surface area (Å²) in [5.41, 5.74) is 4.10. The quantitative estimate of drug-likeness (QED) is 0.787. The van der Waals surface area contributed by atoms with Crippen molar-refractivity contribution in [1.82, 2.24) is 0 Å². The van der Waals surface area contributed by atoms with E-state index in [2.05, 4.69) is 33.9 Å². The van der Waals surface area contributed by atoms with Crippen LogP contribution in [-0.4, -0.2) is 13.3 Å². The average Bonchev–Trinajstić information content (AvgIpc) is 2.41. The van der Waals surface area contributed by atoms with Crippen LogP contribution in [0, 0.1) is 6.92 Å². The van der Waals surface area contributed by atoms with Gasteiger partial charge < -0.3 is 4.90 Å². The van der Waals surface area contributed by atoms with Gasteiger partial charge in [-0.1, -0.05) is 34.1 Å². The molecule has 0 unspecified atom stereocenters. The van der Waals surface area contributed by atoms with Crippen LogP contribution in [0.15, 0.2) is 46.9 Å². The molecule has 0 radical (unpaired) electrons. The molecule has 0 aliphatic carbocycles. The highest BCUT2D eigenvalue weighted by Gasteiger charge is 2.06. The molecule has 0 bridgehead atoms. The fourth-order valence-corrected chi connectivity index (χ4v) is 2.41. The molecule has 0 N–H and O–H groups in total. The SMILES string of the molecule is Cc1cc(N(C)Cc2ccccc2Br)ccc1C=O. The van der Waals surface area contributed by atoms with E-state index in [0.717, 1.165) is 34.1 Å². The monoisotopic (exact) mass is 317 g/mol. The summed E-state index contributed by atoms with van der Waals surface area (Å²) in [7, 11) is 2.05. The summed E-state index contributed by atoms with van der Waals surface area (Å²) < 4.78 is 1.11. The van der Waals surface area contributed by atoms with Crippen molar-refractivity contribution in [2.45, 2.75) is 13.5 Å². The Morgan fingerprint density at radius 1 is 1.21 bits per heavy atom. The first kappa shape index (κ1) is 13.8. The minimum absolute atomic E-state index is 0.748. The second-order valence-corrected chi connectivity index (χ2v) is 5.46. The fraction of sp³-hybridized carbons (Fsp3) is 0.188. The van der Waals surface area contributed by atoms with E-state index in [4.69, 9.17) is 0 Å². The lowest BCUT2D eigenvalue weighted by Crippen LogP contribution is -2.16. The van der Waals surface area contributed by atoms with Gasteiger partial charge >= 0.3 is 0 Å². The number of aldehydes is 1. The van der Waals surface area contributed by atoms with E-state index in [9.17, 15) is 4.79 Å². The number of hydrogen-bond acceptors (Lipinski definition) is 2. The van der Waals surface area contributed by atoms with Crippen LogP contribution in [-0.2, 0) is 6.54 Å². The van der Waals surface area contributed by atoms with E-state index in [-0.39, 0.29) is 0 Å². The molecule has 0 aliphatic rings. The third kappa shape index (κ3) is 3.24. The highest BCUT2D eigenvalue weighted by Crippen LogP contribution is 2.22. The zero-order valence-electron chi connectivity index (χ0n) is 11.1. The number of rotatable bonds is 4. The van der Waals surface area contributed by atoms with Gasteiger partial charge in [0, 0.05) is 29.3 Å². The van der Waals surface area contributed by atoms with E-state index < -0.39 is 0 Å². The van der Waals surface area contributed by atoms with E-state index in [0.29, 0.717) is 0 Å². The van der Waals surface area contributed by atoms with Gasteiger partial charge in [0.15, 0.2) is 0 Å². The van der Waals surface area contributed by atoms with Crippen LogP contribution < -0.4 is 4.90 Å². The van der Waals surface area contributed by atoms with Crippen molar-refractivity contribution in [1.29, 1.82) is 0 Å². The van der Waals surface area contributed by atoms with Crippen LogP contribution in [0.3, 0.4) is 0 Å². The molecule has 0 saturated heterocycles. The Balaban J connectivity index is 2.20. The summed E-state index contributed by atoms with van der Waals surface area (Å²) in [4.78, 5) is 13.0. The number of hydrogen-bond donors (Lipinski definition) is 0. The maximum absolute atomic E-state index is 10.8. The summed E-state index contributed by atoms with van der Waals surface area (Å²) >= 11 is 3.56. The summed E-state index contributed by atoms with van der Waals surface area (Å²) in [5, 5.41) is 0. The van der Waals surface area contributed by atoms with Gasteiger partial charge in [-0.15, -0.1) is 0 Å². The van der Waals surface area contributed by atoms with Crippen molar-refractivity contribution in [2.24, 2.45) is 0 Å². The second kappa shape index (κ2) is 6.02. The number of aryl methyl sites for hydroxylation is 1. The van der Waals surface area contributed by atoms with E-state index in [1.807, 2.05) is 43.3 Å². The molecule has 0 saturated carbocycles. The molecule has 0 spiro atoms. The van der Waals surface area contributed by atoms with Crippen LogP contribution in [0.5, 0.6) is 0 Å². The maximum Gasteiger partial charge on any atom is 0.150 e. The van der Waals surface area contributed by atoms with Gasteiger partial charge in [-0.2, -0.15) is 0 Å². The van der Waals surface area contributed by atoms with Gasteiger partial charge in [-0.3, -0.25) is 4.79 Å². The highest BCUT2D eigenvalue weighted by atomic mass is 79.9. The van der Waals surface area contributed by atoms with Gasteiger partial charge in [0.25, 0.3) is 0 Å². The van der Waals surface area contributed by atoms with E-state index in [1.165, 1.54) is 5.56 Å². The number of anilines is 1. The number of carbonyl (C=O) groups is 1. The normalized spacial score (nSPS) is 10.3. The average molecular weight is 318 g/mol. The molecule has 2 rings (SSSR count).